The topological polar surface area (TPSA) is 89.5 Å². The molecule has 0 bridgehead atoms. The second-order valence-corrected chi connectivity index (χ2v) is 11.2. The zero-order valence-corrected chi connectivity index (χ0v) is 23.3. The number of carbonyl (C=O) groups excluding carboxylic acids is 2. The van der Waals surface area contributed by atoms with Gasteiger partial charge in [-0.15, -0.1) is 0 Å². The average Bonchev–Trinajstić information content (AvgIpc) is 3.49. The van der Waals surface area contributed by atoms with Crippen molar-refractivity contribution in [1.82, 2.24) is 10.4 Å². The second kappa shape index (κ2) is 10.7. The van der Waals surface area contributed by atoms with Gasteiger partial charge in [0.1, 0.15) is 5.60 Å². The second-order valence-electron chi connectivity index (χ2n) is 10.4. The maximum atomic E-state index is 14.3. The zero-order valence-electron chi connectivity index (χ0n) is 21.8. The molecule has 2 atom stereocenters. The van der Waals surface area contributed by atoms with E-state index in [-0.39, 0.29) is 24.4 Å². The standard InChI is InChI=1S/C26H25Cl2F4N3O5/c1-13-7-14(5-6-17(13)22(36)33-16-11-35(38-12-16)23(37)39-24(2,3)4)20-10-25(40-34-20,26(30,31)32)15-8-18(27)21(29)19(28)9-15/h5-9,16H,10-12H2,1-4H3,(H,33,36)/t16?,25-/m0/s1. The number of hydrogen-bond acceptors (Lipinski definition) is 6. The van der Waals surface area contributed by atoms with Gasteiger partial charge in [0.2, 0.25) is 0 Å². The predicted octanol–water partition coefficient (Wildman–Crippen LogP) is 6.30. The highest BCUT2D eigenvalue weighted by Gasteiger charge is 2.62. The summed E-state index contributed by atoms with van der Waals surface area (Å²) in [5.41, 5.74) is -3.18. The minimum absolute atomic E-state index is 0.0406. The molecule has 4 rings (SSSR count). The summed E-state index contributed by atoms with van der Waals surface area (Å²) in [6.45, 7) is 6.88. The van der Waals surface area contributed by atoms with Crippen LogP contribution in [0.1, 0.15) is 54.2 Å². The molecule has 0 aromatic heterocycles. The van der Waals surface area contributed by atoms with Crippen LogP contribution in [-0.2, 0) is 20.0 Å². The van der Waals surface area contributed by atoms with E-state index in [1.165, 1.54) is 18.2 Å². The quantitative estimate of drug-likeness (QED) is 0.326. The Hall–Kier alpha value is -3.09. The summed E-state index contributed by atoms with van der Waals surface area (Å²) in [5, 5.41) is 6.31. The van der Waals surface area contributed by atoms with Crippen LogP contribution < -0.4 is 5.32 Å². The SMILES string of the molecule is Cc1cc(C2=NO[C@@](c3cc(Cl)c(F)c(Cl)c3)(C(F)(F)F)C2)ccc1C(=O)NC1CON(C(=O)OC(C)(C)C)C1. The first-order valence-corrected chi connectivity index (χ1v) is 12.8. The molecule has 216 valence electrons. The molecule has 14 heteroatoms. The van der Waals surface area contributed by atoms with E-state index >= 15 is 0 Å². The highest BCUT2D eigenvalue weighted by molar-refractivity contribution is 6.35. The van der Waals surface area contributed by atoms with Gasteiger partial charge in [-0.25, -0.2) is 9.18 Å². The number of halogens is 6. The Balaban J connectivity index is 1.48. The van der Waals surface area contributed by atoms with E-state index in [4.69, 9.17) is 37.6 Å². The van der Waals surface area contributed by atoms with Gasteiger partial charge >= 0.3 is 12.3 Å². The predicted molar refractivity (Wildman–Crippen MR) is 138 cm³/mol. The summed E-state index contributed by atoms with van der Waals surface area (Å²) < 4.78 is 62.0. The largest absolute Gasteiger partial charge is 0.442 e. The molecule has 40 heavy (non-hydrogen) atoms. The Bertz CT molecular complexity index is 1360. The third-order valence-electron chi connectivity index (χ3n) is 6.19. The molecule has 1 fully saturated rings. The molecule has 2 heterocycles. The van der Waals surface area contributed by atoms with Crippen LogP contribution in [0.5, 0.6) is 0 Å². The van der Waals surface area contributed by atoms with Crippen LogP contribution in [0.25, 0.3) is 0 Å². The molecule has 1 unspecified atom stereocenters. The van der Waals surface area contributed by atoms with Gasteiger partial charge in [0.25, 0.3) is 11.5 Å². The number of benzene rings is 2. The van der Waals surface area contributed by atoms with Gasteiger partial charge in [-0.3, -0.25) is 9.63 Å². The van der Waals surface area contributed by atoms with Crippen molar-refractivity contribution in [3.63, 3.8) is 0 Å². The lowest BCUT2D eigenvalue weighted by molar-refractivity contribution is -0.275. The zero-order chi connectivity index (χ0) is 29.6. The van der Waals surface area contributed by atoms with Crippen LogP contribution >= 0.6 is 23.2 Å². The summed E-state index contributed by atoms with van der Waals surface area (Å²) in [6, 6.07) is 5.51. The van der Waals surface area contributed by atoms with Crippen molar-refractivity contribution in [3.8, 4) is 0 Å². The monoisotopic (exact) mass is 605 g/mol. The molecule has 2 aromatic carbocycles. The smallest absolute Gasteiger partial charge is 0.435 e. The maximum absolute atomic E-state index is 14.3. The minimum atomic E-state index is -4.95. The maximum Gasteiger partial charge on any atom is 0.435 e. The van der Waals surface area contributed by atoms with Crippen LogP contribution in [0.15, 0.2) is 35.5 Å². The fraction of sp³-hybridized carbons (Fsp3) is 0.423. The van der Waals surface area contributed by atoms with Crippen molar-refractivity contribution in [2.75, 3.05) is 13.2 Å². The third-order valence-corrected chi connectivity index (χ3v) is 6.74. The summed E-state index contributed by atoms with van der Waals surface area (Å²) >= 11 is 11.5. The number of rotatable bonds is 4. The number of nitrogens with one attached hydrogen (secondary N) is 1. The number of alkyl halides is 3. The molecule has 0 spiro atoms. The Morgan fingerprint density at radius 1 is 1.15 bits per heavy atom. The van der Waals surface area contributed by atoms with Crippen LogP contribution in [0.4, 0.5) is 22.4 Å². The fourth-order valence-corrected chi connectivity index (χ4v) is 4.71. The van der Waals surface area contributed by atoms with E-state index in [1.54, 1.807) is 27.7 Å². The summed E-state index contributed by atoms with van der Waals surface area (Å²) in [6.07, 6.45) is -6.36. The van der Waals surface area contributed by atoms with Crippen molar-refractivity contribution >= 4 is 40.9 Å². The highest BCUT2D eigenvalue weighted by atomic mass is 35.5. The first-order chi connectivity index (χ1) is 18.5. The number of hydrogen-bond donors (Lipinski definition) is 1. The van der Waals surface area contributed by atoms with Gasteiger partial charge in [0.05, 0.1) is 35.0 Å². The molecule has 0 saturated carbocycles. The third kappa shape index (κ3) is 5.98. The number of hydroxylamine groups is 2. The number of ether oxygens (including phenoxy) is 1. The average molecular weight is 606 g/mol. The Morgan fingerprint density at radius 2 is 1.80 bits per heavy atom. The first kappa shape index (κ1) is 29.9. The molecular weight excluding hydrogens is 581 g/mol. The van der Waals surface area contributed by atoms with Crippen molar-refractivity contribution < 1.29 is 41.6 Å². The number of nitrogens with zero attached hydrogens (tertiary/aromatic N) is 2. The molecular formula is C26H25Cl2F4N3O5. The van der Waals surface area contributed by atoms with Crippen LogP contribution in [0.3, 0.4) is 0 Å². The van der Waals surface area contributed by atoms with Gasteiger partial charge in [-0.05, 0) is 63.1 Å². The Kier molecular flexibility index (Phi) is 8.00. The van der Waals surface area contributed by atoms with Gasteiger partial charge in [0, 0.05) is 17.5 Å². The molecule has 8 nitrogen and oxygen atoms in total. The van der Waals surface area contributed by atoms with E-state index in [0.717, 1.165) is 17.2 Å². The lowest BCUT2D eigenvalue weighted by Gasteiger charge is -2.29. The van der Waals surface area contributed by atoms with Crippen LogP contribution in [0, 0.1) is 12.7 Å². The van der Waals surface area contributed by atoms with E-state index in [0.29, 0.717) is 11.1 Å². The lowest BCUT2D eigenvalue weighted by Crippen LogP contribution is -2.42. The molecule has 1 saturated heterocycles. The van der Waals surface area contributed by atoms with Gasteiger partial charge in [-0.1, -0.05) is 34.4 Å². The molecule has 0 radical (unpaired) electrons. The summed E-state index contributed by atoms with van der Waals surface area (Å²) in [5.74, 6) is -1.51. The molecule has 2 aromatic rings. The van der Waals surface area contributed by atoms with Crippen LogP contribution in [-0.4, -0.2) is 53.7 Å². The normalized spacial score (nSPS) is 21.2. The number of aryl methyl sites for hydroxylation is 1. The first-order valence-electron chi connectivity index (χ1n) is 12.0. The van der Waals surface area contributed by atoms with E-state index in [1.807, 2.05) is 0 Å². The summed E-state index contributed by atoms with van der Waals surface area (Å²) in [4.78, 5) is 35.4. The molecule has 2 aliphatic heterocycles. The van der Waals surface area contributed by atoms with E-state index in [2.05, 4.69) is 10.5 Å². The molecule has 0 aliphatic carbocycles. The highest BCUT2D eigenvalue weighted by Crippen LogP contribution is 2.50. The lowest BCUT2D eigenvalue weighted by atomic mass is 9.86. The number of amides is 2. The van der Waals surface area contributed by atoms with Crippen molar-refractivity contribution in [2.45, 2.75) is 57.5 Å². The minimum Gasteiger partial charge on any atom is -0.442 e. The van der Waals surface area contributed by atoms with Gasteiger partial charge < -0.3 is 14.9 Å². The van der Waals surface area contributed by atoms with Crippen molar-refractivity contribution in [2.24, 2.45) is 5.16 Å². The van der Waals surface area contributed by atoms with Gasteiger partial charge in [0.15, 0.2) is 5.82 Å². The number of oxime groups is 1. The molecule has 2 aliphatic rings. The Labute approximate surface area is 237 Å². The van der Waals surface area contributed by atoms with Crippen molar-refractivity contribution in [3.05, 3.63) is 68.4 Å². The fourth-order valence-electron chi connectivity index (χ4n) is 4.22. The van der Waals surface area contributed by atoms with Crippen LogP contribution in [0.2, 0.25) is 10.0 Å². The van der Waals surface area contributed by atoms with E-state index in [9.17, 15) is 27.2 Å². The van der Waals surface area contributed by atoms with Crippen molar-refractivity contribution in [1.29, 1.82) is 0 Å². The Morgan fingerprint density at radius 3 is 2.38 bits per heavy atom. The number of carbonyl (C=O) groups is 2. The molecule has 2 amide bonds. The van der Waals surface area contributed by atoms with E-state index < -0.39 is 63.3 Å². The summed E-state index contributed by atoms with van der Waals surface area (Å²) in [7, 11) is 0. The van der Waals surface area contributed by atoms with Gasteiger partial charge in [-0.2, -0.15) is 18.2 Å². The molecule has 1 N–H and O–H groups in total.